The van der Waals surface area contributed by atoms with Crippen LogP contribution in [0.2, 0.25) is 0 Å². The number of carbonyl (C=O) groups is 1. The van der Waals surface area contributed by atoms with E-state index >= 15 is 0 Å². The summed E-state index contributed by atoms with van der Waals surface area (Å²) in [5.74, 6) is -0.541. The predicted octanol–water partition coefficient (Wildman–Crippen LogP) is 2.18. The Morgan fingerprint density at radius 3 is 2.50 bits per heavy atom. The Morgan fingerprint density at radius 2 is 2.00 bits per heavy atom. The maximum atomic E-state index is 12.1. The third-order valence-electron chi connectivity index (χ3n) is 3.49. The van der Waals surface area contributed by atoms with Crippen LogP contribution in [-0.4, -0.2) is 28.1 Å². The normalized spacial score (nSPS) is 11.2. The van der Waals surface area contributed by atoms with Crippen LogP contribution in [0.5, 0.6) is 0 Å². The zero-order valence-electron chi connectivity index (χ0n) is 12.0. The Morgan fingerprint density at radius 1 is 1.40 bits per heavy atom. The summed E-state index contributed by atoms with van der Waals surface area (Å²) in [6, 6.07) is 4.38. The molecule has 6 nitrogen and oxygen atoms in total. The number of nitrogens with one attached hydrogen (secondary N) is 1. The highest BCUT2D eigenvalue weighted by Crippen LogP contribution is 2.20. The first-order chi connectivity index (χ1) is 9.33. The SMILES string of the molecule is CCC(O)(CC)CNC(=O)c1cc(C)ccc1[N+](=O)[O-]. The average molecular weight is 280 g/mol. The third-order valence-corrected chi connectivity index (χ3v) is 3.49. The molecule has 1 amide bonds. The molecule has 1 aromatic rings. The van der Waals surface area contributed by atoms with Crippen LogP contribution in [0.1, 0.15) is 42.6 Å². The number of benzene rings is 1. The summed E-state index contributed by atoms with van der Waals surface area (Å²) in [6.07, 6.45) is 0.999. The fourth-order valence-corrected chi connectivity index (χ4v) is 1.83. The van der Waals surface area contributed by atoms with Gasteiger partial charge in [-0.15, -0.1) is 0 Å². The van der Waals surface area contributed by atoms with E-state index in [1.165, 1.54) is 12.1 Å². The van der Waals surface area contributed by atoms with Gasteiger partial charge in [0, 0.05) is 12.6 Å². The number of nitro groups is 1. The van der Waals surface area contributed by atoms with Crippen LogP contribution >= 0.6 is 0 Å². The first kappa shape index (κ1) is 16.1. The lowest BCUT2D eigenvalue weighted by molar-refractivity contribution is -0.385. The molecule has 0 unspecified atom stereocenters. The Hall–Kier alpha value is -1.95. The lowest BCUT2D eigenvalue weighted by Crippen LogP contribution is -2.42. The molecule has 0 radical (unpaired) electrons. The quantitative estimate of drug-likeness (QED) is 0.617. The summed E-state index contributed by atoms with van der Waals surface area (Å²) >= 11 is 0. The Balaban J connectivity index is 2.93. The maximum absolute atomic E-state index is 12.1. The smallest absolute Gasteiger partial charge is 0.282 e. The van der Waals surface area contributed by atoms with Crippen molar-refractivity contribution in [3.05, 3.63) is 39.4 Å². The minimum Gasteiger partial charge on any atom is -0.388 e. The average Bonchev–Trinajstić information content (AvgIpc) is 2.43. The van der Waals surface area contributed by atoms with E-state index in [9.17, 15) is 20.0 Å². The number of aliphatic hydroxyl groups is 1. The van der Waals surface area contributed by atoms with E-state index in [1.807, 2.05) is 13.8 Å². The number of nitrogens with zero attached hydrogens (tertiary/aromatic N) is 1. The Labute approximate surface area is 118 Å². The summed E-state index contributed by atoms with van der Waals surface area (Å²) < 4.78 is 0. The number of hydrogen-bond donors (Lipinski definition) is 2. The van der Waals surface area contributed by atoms with Crippen LogP contribution in [0.3, 0.4) is 0 Å². The largest absolute Gasteiger partial charge is 0.388 e. The molecular weight excluding hydrogens is 260 g/mol. The van der Waals surface area contributed by atoms with Gasteiger partial charge < -0.3 is 10.4 Å². The monoisotopic (exact) mass is 280 g/mol. The summed E-state index contributed by atoms with van der Waals surface area (Å²) in [5, 5.41) is 23.6. The van der Waals surface area contributed by atoms with E-state index in [4.69, 9.17) is 0 Å². The predicted molar refractivity (Wildman–Crippen MR) is 75.7 cm³/mol. The highest BCUT2D eigenvalue weighted by molar-refractivity contribution is 5.98. The number of nitro benzene ring substituents is 1. The van der Waals surface area contributed by atoms with Gasteiger partial charge in [-0.05, 0) is 31.4 Å². The third kappa shape index (κ3) is 3.77. The van der Waals surface area contributed by atoms with Gasteiger partial charge in [-0.3, -0.25) is 14.9 Å². The van der Waals surface area contributed by atoms with E-state index in [2.05, 4.69) is 5.32 Å². The molecule has 1 rings (SSSR count). The second-order valence-corrected chi connectivity index (χ2v) is 4.89. The van der Waals surface area contributed by atoms with Crippen molar-refractivity contribution in [2.45, 2.75) is 39.2 Å². The van der Waals surface area contributed by atoms with Gasteiger partial charge in [-0.2, -0.15) is 0 Å². The first-order valence-electron chi connectivity index (χ1n) is 6.58. The van der Waals surface area contributed by atoms with Gasteiger partial charge in [0.1, 0.15) is 5.56 Å². The highest BCUT2D eigenvalue weighted by atomic mass is 16.6. The molecule has 0 spiro atoms. The molecule has 0 aliphatic carbocycles. The van der Waals surface area contributed by atoms with Crippen molar-refractivity contribution in [1.29, 1.82) is 0 Å². The van der Waals surface area contributed by atoms with Crippen molar-refractivity contribution < 1.29 is 14.8 Å². The van der Waals surface area contributed by atoms with Crippen molar-refractivity contribution in [2.75, 3.05) is 6.54 Å². The molecule has 6 heteroatoms. The zero-order valence-corrected chi connectivity index (χ0v) is 12.0. The van der Waals surface area contributed by atoms with Crippen molar-refractivity contribution >= 4 is 11.6 Å². The van der Waals surface area contributed by atoms with E-state index in [0.29, 0.717) is 12.8 Å². The molecule has 0 aromatic heterocycles. The molecule has 2 N–H and O–H groups in total. The minimum atomic E-state index is -0.978. The van der Waals surface area contributed by atoms with Crippen LogP contribution in [0, 0.1) is 17.0 Å². The molecule has 0 bridgehead atoms. The van der Waals surface area contributed by atoms with Gasteiger partial charge in [-0.25, -0.2) is 0 Å². The Kier molecular flexibility index (Phi) is 5.21. The first-order valence-corrected chi connectivity index (χ1v) is 6.58. The topological polar surface area (TPSA) is 92.5 Å². The molecule has 1 aromatic carbocycles. The standard InChI is InChI=1S/C14H20N2O4/c1-4-14(18,5-2)9-15-13(17)11-8-10(3)6-7-12(11)16(19)20/h6-8,18H,4-5,9H2,1-3H3,(H,15,17). The fraction of sp³-hybridized carbons (Fsp3) is 0.500. The lowest BCUT2D eigenvalue weighted by atomic mass is 9.97. The molecular formula is C14H20N2O4. The molecule has 0 fully saturated rings. The Bertz CT molecular complexity index is 510. The molecule has 110 valence electrons. The highest BCUT2D eigenvalue weighted by Gasteiger charge is 2.25. The maximum Gasteiger partial charge on any atom is 0.282 e. The lowest BCUT2D eigenvalue weighted by Gasteiger charge is -2.25. The molecule has 0 atom stereocenters. The number of rotatable bonds is 6. The van der Waals surface area contributed by atoms with E-state index in [1.54, 1.807) is 13.0 Å². The van der Waals surface area contributed by atoms with Gasteiger partial charge in [-0.1, -0.05) is 19.9 Å². The molecule has 0 aliphatic heterocycles. The number of aryl methyl sites for hydroxylation is 1. The summed E-state index contributed by atoms with van der Waals surface area (Å²) in [5.41, 5.74) is -0.426. The van der Waals surface area contributed by atoms with Crippen LogP contribution < -0.4 is 5.32 Å². The second-order valence-electron chi connectivity index (χ2n) is 4.89. The van der Waals surface area contributed by atoms with Crippen molar-refractivity contribution in [2.24, 2.45) is 0 Å². The molecule has 0 aliphatic rings. The van der Waals surface area contributed by atoms with Gasteiger partial charge >= 0.3 is 0 Å². The van der Waals surface area contributed by atoms with Crippen LogP contribution in [0.25, 0.3) is 0 Å². The van der Waals surface area contributed by atoms with E-state index in [0.717, 1.165) is 5.56 Å². The molecule has 0 heterocycles. The second kappa shape index (κ2) is 6.47. The van der Waals surface area contributed by atoms with Crippen molar-refractivity contribution in [3.8, 4) is 0 Å². The van der Waals surface area contributed by atoms with E-state index < -0.39 is 16.4 Å². The van der Waals surface area contributed by atoms with Crippen LogP contribution in [0.15, 0.2) is 18.2 Å². The van der Waals surface area contributed by atoms with E-state index in [-0.39, 0.29) is 17.8 Å². The van der Waals surface area contributed by atoms with Gasteiger partial charge in [0.15, 0.2) is 0 Å². The zero-order chi connectivity index (χ0) is 15.3. The summed E-state index contributed by atoms with van der Waals surface area (Å²) in [6.45, 7) is 5.48. The van der Waals surface area contributed by atoms with Gasteiger partial charge in [0.25, 0.3) is 11.6 Å². The molecule has 0 saturated carbocycles. The van der Waals surface area contributed by atoms with Crippen molar-refractivity contribution in [1.82, 2.24) is 5.32 Å². The molecule has 0 saturated heterocycles. The summed E-state index contributed by atoms with van der Waals surface area (Å²) in [7, 11) is 0. The van der Waals surface area contributed by atoms with Crippen molar-refractivity contribution in [3.63, 3.8) is 0 Å². The molecule has 20 heavy (non-hydrogen) atoms. The number of hydrogen-bond acceptors (Lipinski definition) is 4. The number of carbonyl (C=O) groups excluding carboxylic acids is 1. The van der Waals surface area contributed by atoms with Gasteiger partial charge in [0.05, 0.1) is 10.5 Å². The number of amides is 1. The van der Waals surface area contributed by atoms with Gasteiger partial charge in [0.2, 0.25) is 0 Å². The van der Waals surface area contributed by atoms with Crippen LogP contribution in [0.4, 0.5) is 5.69 Å². The summed E-state index contributed by atoms with van der Waals surface area (Å²) in [4.78, 5) is 22.4. The van der Waals surface area contributed by atoms with Crippen LogP contribution in [-0.2, 0) is 0 Å². The minimum absolute atomic E-state index is 0.0181. The fourth-order valence-electron chi connectivity index (χ4n) is 1.83.